The Labute approximate surface area is 118 Å². The van der Waals surface area contributed by atoms with Gasteiger partial charge in [-0.25, -0.2) is 0 Å². The number of nitrogens with zero attached hydrogens (tertiary/aromatic N) is 2. The van der Waals surface area contributed by atoms with Crippen molar-refractivity contribution in [1.29, 1.82) is 0 Å². The second-order valence-corrected chi connectivity index (χ2v) is 6.60. The zero-order chi connectivity index (χ0) is 13.3. The molecule has 1 saturated heterocycles. The van der Waals surface area contributed by atoms with Crippen LogP contribution in [-0.2, 0) is 6.42 Å². The highest BCUT2D eigenvalue weighted by molar-refractivity contribution is 5.86. The highest BCUT2D eigenvalue weighted by atomic mass is 16.3. The molecule has 3 nitrogen and oxygen atoms in total. The minimum atomic E-state index is -0.331. The normalized spacial score (nSPS) is 32.4. The van der Waals surface area contributed by atoms with Crippen LogP contribution in [0, 0.1) is 5.92 Å². The van der Waals surface area contributed by atoms with Gasteiger partial charge in [-0.3, -0.25) is 4.90 Å². The van der Waals surface area contributed by atoms with Gasteiger partial charge in [0.05, 0.1) is 11.6 Å². The molecular formula is C17H20N2O. The fraction of sp³-hybridized carbons (Fsp3) is 0.529. The van der Waals surface area contributed by atoms with Crippen molar-refractivity contribution < 1.29 is 5.11 Å². The average Bonchev–Trinajstić information content (AvgIpc) is 2.82. The number of aromatic nitrogens is 1. The van der Waals surface area contributed by atoms with Gasteiger partial charge in [-0.1, -0.05) is 18.2 Å². The van der Waals surface area contributed by atoms with E-state index in [9.17, 15) is 5.11 Å². The fourth-order valence-electron chi connectivity index (χ4n) is 4.93. The van der Waals surface area contributed by atoms with Crippen LogP contribution in [0.2, 0.25) is 0 Å². The SMILES string of the molecule is OC1C[C@H]2CCCN3CCc4c(n1c1ccccc41)[C@H]23. The second-order valence-electron chi connectivity index (χ2n) is 6.60. The lowest BCUT2D eigenvalue weighted by atomic mass is 9.78. The molecule has 4 heterocycles. The van der Waals surface area contributed by atoms with Gasteiger partial charge in [-0.05, 0) is 49.8 Å². The first kappa shape index (κ1) is 11.4. The quantitative estimate of drug-likeness (QED) is 0.796. The molecule has 3 heteroatoms. The van der Waals surface area contributed by atoms with Crippen molar-refractivity contribution in [2.45, 2.75) is 38.0 Å². The standard InChI is InChI=1S/C17H20N2O/c20-15-10-11-4-3-8-18-9-7-13-12-5-1-2-6-14(12)19(15)17(13)16(11)18/h1-2,5-6,11,15-16,20H,3-4,7-10H2/t11-,15?,16+/m1/s1. The monoisotopic (exact) mass is 268 g/mol. The Hall–Kier alpha value is -1.32. The van der Waals surface area contributed by atoms with E-state index in [4.69, 9.17) is 0 Å². The van der Waals surface area contributed by atoms with Crippen LogP contribution in [-0.4, -0.2) is 27.7 Å². The molecule has 5 rings (SSSR count). The number of hydrogen-bond donors (Lipinski definition) is 1. The number of fused-ring (bicyclic) bond motifs is 3. The molecule has 3 atom stereocenters. The highest BCUT2D eigenvalue weighted by Gasteiger charge is 2.44. The van der Waals surface area contributed by atoms with Crippen molar-refractivity contribution >= 4 is 10.9 Å². The lowest BCUT2D eigenvalue weighted by Gasteiger charge is -2.48. The van der Waals surface area contributed by atoms with Crippen LogP contribution in [0.5, 0.6) is 0 Å². The molecule has 3 aliphatic heterocycles. The lowest BCUT2D eigenvalue weighted by molar-refractivity contribution is -0.0148. The van der Waals surface area contributed by atoms with E-state index >= 15 is 0 Å². The molecule has 2 aromatic rings. The van der Waals surface area contributed by atoms with Crippen LogP contribution in [0.4, 0.5) is 0 Å². The number of hydrogen-bond acceptors (Lipinski definition) is 2. The predicted octanol–water partition coefficient (Wildman–Crippen LogP) is 2.85. The molecule has 3 aliphatic rings. The summed E-state index contributed by atoms with van der Waals surface area (Å²) < 4.78 is 2.24. The summed E-state index contributed by atoms with van der Waals surface area (Å²) in [6.07, 6.45) is 4.30. The maximum Gasteiger partial charge on any atom is 0.131 e. The molecule has 1 aromatic heterocycles. The van der Waals surface area contributed by atoms with Gasteiger partial charge in [0.15, 0.2) is 0 Å². The third-order valence-corrected chi connectivity index (χ3v) is 5.66. The van der Waals surface area contributed by atoms with Crippen molar-refractivity contribution in [3.63, 3.8) is 0 Å². The Morgan fingerprint density at radius 2 is 2.05 bits per heavy atom. The summed E-state index contributed by atoms with van der Waals surface area (Å²) in [4.78, 5) is 2.66. The summed E-state index contributed by atoms with van der Waals surface area (Å²) in [5.74, 6) is 0.648. The van der Waals surface area contributed by atoms with Crippen LogP contribution in [0.15, 0.2) is 24.3 Å². The second kappa shape index (κ2) is 3.86. The molecule has 0 bridgehead atoms. The summed E-state index contributed by atoms with van der Waals surface area (Å²) in [7, 11) is 0. The van der Waals surface area contributed by atoms with Gasteiger partial charge in [-0.15, -0.1) is 0 Å². The van der Waals surface area contributed by atoms with Crippen molar-refractivity contribution in [2.75, 3.05) is 13.1 Å². The summed E-state index contributed by atoms with van der Waals surface area (Å²) in [5, 5.41) is 12.0. The molecule has 1 N–H and O–H groups in total. The van der Waals surface area contributed by atoms with Gasteiger partial charge >= 0.3 is 0 Å². The van der Waals surface area contributed by atoms with Crippen LogP contribution in [0.25, 0.3) is 10.9 Å². The summed E-state index contributed by atoms with van der Waals surface area (Å²) >= 11 is 0. The van der Waals surface area contributed by atoms with Crippen LogP contribution in [0.1, 0.15) is 42.8 Å². The van der Waals surface area contributed by atoms with Gasteiger partial charge in [0.25, 0.3) is 0 Å². The molecule has 0 saturated carbocycles. The first-order chi connectivity index (χ1) is 9.84. The molecule has 1 aromatic carbocycles. The number of benzene rings is 1. The predicted molar refractivity (Wildman–Crippen MR) is 78.6 cm³/mol. The Bertz CT molecular complexity index is 690. The summed E-state index contributed by atoms with van der Waals surface area (Å²) in [6, 6.07) is 9.18. The van der Waals surface area contributed by atoms with E-state index in [1.165, 1.54) is 48.1 Å². The van der Waals surface area contributed by atoms with Crippen LogP contribution >= 0.6 is 0 Å². The van der Waals surface area contributed by atoms with Gasteiger partial charge in [0, 0.05) is 17.6 Å². The number of aliphatic hydroxyl groups is 1. The summed E-state index contributed by atoms with van der Waals surface area (Å²) in [6.45, 7) is 2.43. The minimum Gasteiger partial charge on any atom is -0.373 e. The Balaban J connectivity index is 1.85. The van der Waals surface area contributed by atoms with E-state index < -0.39 is 0 Å². The van der Waals surface area contributed by atoms with Gasteiger partial charge in [-0.2, -0.15) is 0 Å². The maximum atomic E-state index is 10.7. The first-order valence-corrected chi connectivity index (χ1v) is 7.88. The minimum absolute atomic E-state index is 0.331. The molecule has 20 heavy (non-hydrogen) atoms. The Morgan fingerprint density at radius 1 is 1.15 bits per heavy atom. The molecule has 0 radical (unpaired) electrons. The van der Waals surface area contributed by atoms with Crippen molar-refractivity contribution in [1.82, 2.24) is 9.47 Å². The molecule has 0 spiro atoms. The van der Waals surface area contributed by atoms with E-state index in [1.807, 2.05) is 0 Å². The maximum absolute atomic E-state index is 10.7. The molecule has 0 aliphatic carbocycles. The average molecular weight is 268 g/mol. The fourth-order valence-corrected chi connectivity index (χ4v) is 4.93. The van der Waals surface area contributed by atoms with E-state index in [2.05, 4.69) is 33.7 Å². The van der Waals surface area contributed by atoms with Gasteiger partial charge in [0.2, 0.25) is 0 Å². The largest absolute Gasteiger partial charge is 0.373 e. The smallest absolute Gasteiger partial charge is 0.131 e. The number of rotatable bonds is 0. The highest BCUT2D eigenvalue weighted by Crippen LogP contribution is 2.50. The zero-order valence-electron chi connectivity index (χ0n) is 11.6. The van der Waals surface area contributed by atoms with E-state index in [0.717, 1.165) is 12.8 Å². The molecule has 1 fully saturated rings. The topological polar surface area (TPSA) is 28.4 Å². The van der Waals surface area contributed by atoms with E-state index in [1.54, 1.807) is 0 Å². The number of aliphatic hydroxyl groups excluding tert-OH is 1. The number of para-hydroxylation sites is 1. The third-order valence-electron chi connectivity index (χ3n) is 5.66. The lowest BCUT2D eigenvalue weighted by Crippen LogP contribution is -2.47. The molecule has 0 amide bonds. The van der Waals surface area contributed by atoms with Gasteiger partial charge in [0.1, 0.15) is 6.23 Å². The first-order valence-electron chi connectivity index (χ1n) is 7.88. The van der Waals surface area contributed by atoms with Gasteiger partial charge < -0.3 is 9.67 Å². The summed E-state index contributed by atoms with van der Waals surface area (Å²) in [5.41, 5.74) is 4.17. The molecule has 104 valence electrons. The molecular weight excluding hydrogens is 248 g/mol. The van der Waals surface area contributed by atoms with Crippen LogP contribution in [0.3, 0.4) is 0 Å². The Kier molecular flexibility index (Phi) is 2.19. The third kappa shape index (κ3) is 1.28. The Morgan fingerprint density at radius 3 is 3.00 bits per heavy atom. The van der Waals surface area contributed by atoms with Crippen molar-refractivity contribution in [2.24, 2.45) is 5.92 Å². The van der Waals surface area contributed by atoms with Crippen molar-refractivity contribution in [3.05, 3.63) is 35.5 Å². The molecule has 1 unspecified atom stereocenters. The van der Waals surface area contributed by atoms with Crippen molar-refractivity contribution in [3.8, 4) is 0 Å². The van der Waals surface area contributed by atoms with E-state index in [-0.39, 0.29) is 6.23 Å². The van der Waals surface area contributed by atoms with Crippen LogP contribution < -0.4 is 0 Å². The zero-order valence-corrected chi connectivity index (χ0v) is 11.6. The number of piperidine rings is 1. The van der Waals surface area contributed by atoms with E-state index in [0.29, 0.717) is 12.0 Å².